The maximum Gasteiger partial charge on any atom is 0.335 e. The highest BCUT2D eigenvalue weighted by atomic mass is 16.4. The molecule has 0 saturated carbocycles. The minimum absolute atomic E-state index is 0.0954. The number of carbonyl (C=O) groups excluding carboxylic acids is 3. The van der Waals surface area contributed by atoms with Gasteiger partial charge in [0.2, 0.25) is 0 Å². The molecule has 0 atom stereocenters. The molecule has 1 aromatic rings. The molecular weight excluding hydrogens is 300 g/mol. The molecule has 0 unspecified atom stereocenters. The summed E-state index contributed by atoms with van der Waals surface area (Å²) in [6, 6.07) is 4.94. The second kappa shape index (κ2) is 5.68. The molecular formula is C16H16N2O5. The highest BCUT2D eigenvalue weighted by molar-refractivity contribution is 6.31. The average Bonchev–Trinajstić information content (AvgIpc) is 2.42. The number of barbiturate groups is 1. The number of imide groups is 2. The van der Waals surface area contributed by atoms with Crippen LogP contribution in [-0.4, -0.2) is 39.4 Å². The molecule has 1 aromatic carbocycles. The van der Waals surface area contributed by atoms with Crippen molar-refractivity contribution in [2.75, 3.05) is 0 Å². The zero-order valence-corrected chi connectivity index (χ0v) is 12.9. The molecule has 4 amide bonds. The maximum atomic E-state index is 12.5. The topological polar surface area (TPSA) is 104 Å². The Kier molecular flexibility index (Phi) is 4.05. The van der Waals surface area contributed by atoms with E-state index < -0.39 is 29.4 Å². The van der Waals surface area contributed by atoms with Crippen LogP contribution in [0.2, 0.25) is 0 Å². The van der Waals surface area contributed by atoms with Crippen LogP contribution in [0.1, 0.15) is 36.7 Å². The molecule has 7 heteroatoms. The van der Waals surface area contributed by atoms with Gasteiger partial charge in [-0.05, 0) is 44.5 Å². The van der Waals surface area contributed by atoms with E-state index in [4.69, 9.17) is 5.11 Å². The number of nitrogens with zero attached hydrogens (tertiary/aromatic N) is 1. The Morgan fingerprint density at radius 3 is 2.17 bits per heavy atom. The van der Waals surface area contributed by atoms with Crippen molar-refractivity contribution in [3.05, 3.63) is 41.0 Å². The first kappa shape index (κ1) is 16.4. The van der Waals surface area contributed by atoms with Gasteiger partial charge in [-0.25, -0.2) is 9.59 Å². The fraction of sp³-hybridized carbons (Fsp3) is 0.250. The molecule has 0 spiro atoms. The van der Waals surface area contributed by atoms with E-state index in [-0.39, 0.29) is 11.1 Å². The number of hydrogen-bond acceptors (Lipinski definition) is 4. The van der Waals surface area contributed by atoms with Crippen LogP contribution in [0, 0.1) is 0 Å². The number of carboxylic acids is 1. The predicted octanol–water partition coefficient (Wildman–Crippen LogP) is 1.65. The van der Waals surface area contributed by atoms with E-state index in [2.05, 4.69) is 5.32 Å². The molecule has 23 heavy (non-hydrogen) atoms. The summed E-state index contributed by atoms with van der Waals surface area (Å²) in [6.07, 6.45) is 1.33. The van der Waals surface area contributed by atoms with Gasteiger partial charge in [-0.15, -0.1) is 0 Å². The van der Waals surface area contributed by atoms with E-state index in [0.29, 0.717) is 5.56 Å². The largest absolute Gasteiger partial charge is 0.478 e. The van der Waals surface area contributed by atoms with Gasteiger partial charge < -0.3 is 5.11 Å². The van der Waals surface area contributed by atoms with Gasteiger partial charge in [-0.2, -0.15) is 0 Å². The zero-order chi connectivity index (χ0) is 17.4. The summed E-state index contributed by atoms with van der Waals surface area (Å²) in [6.45, 7) is 5.04. The summed E-state index contributed by atoms with van der Waals surface area (Å²) in [5.74, 6) is -2.53. The Balaban J connectivity index is 2.40. The molecule has 0 bridgehead atoms. The Hall–Kier alpha value is -2.96. The zero-order valence-electron chi connectivity index (χ0n) is 12.9. The van der Waals surface area contributed by atoms with Crippen molar-refractivity contribution < 1.29 is 24.3 Å². The second-order valence-electron chi connectivity index (χ2n) is 6.06. The molecule has 1 fully saturated rings. The van der Waals surface area contributed by atoms with Gasteiger partial charge in [0.15, 0.2) is 0 Å². The third kappa shape index (κ3) is 3.28. The van der Waals surface area contributed by atoms with Gasteiger partial charge in [0.25, 0.3) is 11.8 Å². The number of nitrogens with one attached hydrogen (secondary N) is 1. The highest BCUT2D eigenvalue weighted by Gasteiger charge is 2.41. The van der Waals surface area contributed by atoms with Crippen LogP contribution in [0.3, 0.4) is 0 Å². The standard InChI is InChI=1S/C16H16N2O5/c1-16(2,3)18-13(20)11(12(19)17-15(18)23)8-9-4-6-10(7-5-9)14(21)22/h4-8H,1-3H3,(H,21,22)(H,17,19,23)/b11-8+. The summed E-state index contributed by atoms with van der Waals surface area (Å²) >= 11 is 0. The average molecular weight is 316 g/mol. The number of rotatable bonds is 2. The van der Waals surface area contributed by atoms with Gasteiger partial charge in [-0.3, -0.25) is 19.8 Å². The van der Waals surface area contributed by atoms with E-state index in [0.717, 1.165) is 4.90 Å². The number of urea groups is 1. The molecule has 1 heterocycles. The fourth-order valence-corrected chi connectivity index (χ4v) is 2.16. The lowest BCUT2D eigenvalue weighted by Crippen LogP contribution is -2.60. The van der Waals surface area contributed by atoms with Crippen molar-refractivity contribution in [1.82, 2.24) is 10.2 Å². The molecule has 0 aliphatic carbocycles. The monoisotopic (exact) mass is 316 g/mol. The van der Waals surface area contributed by atoms with Crippen LogP contribution in [0.25, 0.3) is 6.08 Å². The summed E-state index contributed by atoms with van der Waals surface area (Å²) in [5.41, 5.74) is -0.383. The van der Waals surface area contributed by atoms with Gasteiger partial charge in [0, 0.05) is 5.54 Å². The molecule has 2 rings (SSSR count). The second-order valence-corrected chi connectivity index (χ2v) is 6.06. The number of carboxylic acid groups (broad SMARTS) is 1. The molecule has 1 saturated heterocycles. The smallest absolute Gasteiger partial charge is 0.335 e. The normalized spacial score (nSPS) is 17.4. The van der Waals surface area contributed by atoms with E-state index in [1.165, 1.54) is 30.3 Å². The Labute approximate surface area is 132 Å². The fourth-order valence-electron chi connectivity index (χ4n) is 2.16. The molecule has 0 radical (unpaired) electrons. The molecule has 1 aliphatic rings. The molecule has 7 nitrogen and oxygen atoms in total. The maximum absolute atomic E-state index is 12.5. The Bertz CT molecular complexity index is 726. The third-order valence-corrected chi connectivity index (χ3v) is 3.24. The third-order valence-electron chi connectivity index (χ3n) is 3.24. The Morgan fingerprint density at radius 2 is 1.70 bits per heavy atom. The number of benzene rings is 1. The van der Waals surface area contributed by atoms with Crippen LogP contribution < -0.4 is 5.32 Å². The van der Waals surface area contributed by atoms with Crippen molar-refractivity contribution in [3.8, 4) is 0 Å². The minimum atomic E-state index is -1.07. The van der Waals surface area contributed by atoms with E-state index in [1.807, 2.05) is 0 Å². The lowest BCUT2D eigenvalue weighted by atomic mass is 10.0. The van der Waals surface area contributed by atoms with Crippen molar-refractivity contribution in [2.24, 2.45) is 0 Å². The van der Waals surface area contributed by atoms with Crippen LogP contribution in [0.4, 0.5) is 4.79 Å². The van der Waals surface area contributed by atoms with Crippen molar-refractivity contribution in [2.45, 2.75) is 26.3 Å². The Morgan fingerprint density at radius 1 is 1.13 bits per heavy atom. The quantitative estimate of drug-likeness (QED) is 0.637. The summed E-state index contributed by atoms with van der Waals surface area (Å²) in [7, 11) is 0. The lowest BCUT2D eigenvalue weighted by Gasteiger charge is -2.36. The number of hydrogen-bond donors (Lipinski definition) is 2. The van der Waals surface area contributed by atoms with Crippen molar-refractivity contribution in [3.63, 3.8) is 0 Å². The van der Waals surface area contributed by atoms with Crippen molar-refractivity contribution in [1.29, 1.82) is 0 Å². The number of amides is 4. The number of aromatic carboxylic acids is 1. The van der Waals surface area contributed by atoms with Crippen LogP contribution >= 0.6 is 0 Å². The molecule has 0 aromatic heterocycles. The lowest BCUT2D eigenvalue weighted by molar-refractivity contribution is -0.133. The number of carbonyl (C=O) groups is 4. The van der Waals surface area contributed by atoms with E-state index in [1.54, 1.807) is 20.8 Å². The SMILES string of the molecule is CC(C)(C)N1C(=O)NC(=O)/C(=C\c2ccc(C(=O)O)cc2)C1=O. The summed E-state index contributed by atoms with van der Waals surface area (Å²) in [4.78, 5) is 48.0. The van der Waals surface area contributed by atoms with Crippen LogP contribution in [0.15, 0.2) is 29.8 Å². The van der Waals surface area contributed by atoms with E-state index in [9.17, 15) is 19.2 Å². The first-order valence-corrected chi connectivity index (χ1v) is 6.86. The highest BCUT2D eigenvalue weighted by Crippen LogP contribution is 2.22. The van der Waals surface area contributed by atoms with E-state index >= 15 is 0 Å². The van der Waals surface area contributed by atoms with Gasteiger partial charge in [0.05, 0.1) is 5.56 Å². The van der Waals surface area contributed by atoms with Crippen molar-refractivity contribution >= 4 is 29.9 Å². The molecule has 2 N–H and O–H groups in total. The van der Waals surface area contributed by atoms with Crippen LogP contribution in [-0.2, 0) is 9.59 Å². The van der Waals surface area contributed by atoms with Gasteiger partial charge in [0.1, 0.15) is 5.57 Å². The predicted molar refractivity (Wildman–Crippen MR) is 81.5 cm³/mol. The van der Waals surface area contributed by atoms with Gasteiger partial charge in [-0.1, -0.05) is 12.1 Å². The summed E-state index contributed by atoms with van der Waals surface area (Å²) < 4.78 is 0. The molecule has 1 aliphatic heterocycles. The summed E-state index contributed by atoms with van der Waals surface area (Å²) in [5, 5.41) is 11.0. The minimum Gasteiger partial charge on any atom is -0.478 e. The first-order chi connectivity index (χ1) is 10.6. The van der Waals surface area contributed by atoms with Gasteiger partial charge >= 0.3 is 12.0 Å². The first-order valence-electron chi connectivity index (χ1n) is 6.86. The van der Waals surface area contributed by atoms with Crippen LogP contribution in [0.5, 0.6) is 0 Å². The molecule has 120 valence electrons.